The molecule has 2 nitrogen and oxygen atoms in total. The highest BCUT2D eigenvalue weighted by Crippen LogP contribution is 2.06. The number of hydrogen-bond acceptors (Lipinski definition) is 2. The quantitative estimate of drug-likeness (QED) is 0.776. The molecule has 0 amide bonds. The molecule has 0 aliphatic carbocycles. The van der Waals surface area contributed by atoms with Gasteiger partial charge in [-0.25, -0.2) is 0 Å². The zero-order valence-electron chi connectivity index (χ0n) is 5.75. The predicted molar refractivity (Wildman–Crippen MR) is 48.3 cm³/mol. The van der Waals surface area contributed by atoms with Crippen molar-refractivity contribution >= 4 is 27.7 Å². The Labute approximate surface area is 73.1 Å². The molecule has 1 aromatic rings. The molecule has 1 heterocycles. The first-order valence-electron chi connectivity index (χ1n) is 3.00. The van der Waals surface area contributed by atoms with Gasteiger partial charge in [-0.15, -0.1) is 0 Å². The van der Waals surface area contributed by atoms with E-state index in [1.165, 1.54) is 0 Å². The van der Waals surface area contributed by atoms with E-state index in [4.69, 9.17) is 0 Å². The summed E-state index contributed by atoms with van der Waals surface area (Å²) in [6, 6.07) is 0. The van der Waals surface area contributed by atoms with Gasteiger partial charge in [0.15, 0.2) is 0 Å². The first kappa shape index (κ1) is 8.14. The van der Waals surface area contributed by atoms with Crippen LogP contribution >= 0.6 is 27.7 Å². The molecule has 1 aromatic heterocycles. The molecule has 0 radical (unpaired) electrons. The summed E-state index contributed by atoms with van der Waals surface area (Å²) < 4.78 is 2.98. The topological polar surface area (TPSA) is 17.8 Å². The molecule has 0 atom stereocenters. The van der Waals surface area contributed by atoms with Crippen LogP contribution in [0.4, 0.5) is 0 Å². The zero-order chi connectivity index (χ0) is 7.40. The van der Waals surface area contributed by atoms with Crippen molar-refractivity contribution in [3.63, 3.8) is 0 Å². The fraction of sp³-hybridized carbons (Fsp3) is 0.500. The summed E-state index contributed by atoms with van der Waals surface area (Å²) in [6.45, 7) is 0.993. The van der Waals surface area contributed by atoms with Crippen molar-refractivity contribution in [2.45, 2.75) is 6.54 Å². The van der Waals surface area contributed by atoms with Crippen LogP contribution in [0.1, 0.15) is 0 Å². The van der Waals surface area contributed by atoms with Gasteiger partial charge in [0, 0.05) is 18.5 Å². The van der Waals surface area contributed by atoms with Crippen LogP contribution in [-0.2, 0) is 6.54 Å². The summed E-state index contributed by atoms with van der Waals surface area (Å²) in [4.78, 5) is 0. The second kappa shape index (κ2) is 4.03. The molecule has 0 aliphatic rings. The van der Waals surface area contributed by atoms with E-state index in [0.717, 1.165) is 16.8 Å². The first-order chi connectivity index (χ1) is 4.83. The van der Waals surface area contributed by atoms with Gasteiger partial charge in [-0.1, -0.05) is 0 Å². The Morgan fingerprint density at radius 1 is 1.80 bits per heavy atom. The monoisotopic (exact) mass is 220 g/mol. The third-order valence-electron chi connectivity index (χ3n) is 1.13. The van der Waals surface area contributed by atoms with E-state index in [0.29, 0.717) is 0 Å². The Morgan fingerprint density at radius 3 is 3.10 bits per heavy atom. The van der Waals surface area contributed by atoms with Crippen LogP contribution in [0, 0.1) is 0 Å². The number of nitrogens with zero attached hydrogens (tertiary/aromatic N) is 2. The second-order valence-electron chi connectivity index (χ2n) is 1.91. The van der Waals surface area contributed by atoms with Gasteiger partial charge in [-0.3, -0.25) is 4.68 Å². The summed E-state index contributed by atoms with van der Waals surface area (Å²) in [5.74, 6) is 1.12. The van der Waals surface area contributed by atoms with Gasteiger partial charge < -0.3 is 0 Å². The van der Waals surface area contributed by atoms with Crippen LogP contribution in [0.5, 0.6) is 0 Å². The minimum absolute atomic E-state index is 0.993. The van der Waals surface area contributed by atoms with E-state index < -0.39 is 0 Å². The maximum Gasteiger partial charge on any atom is 0.0632 e. The number of thioether (sulfide) groups is 1. The van der Waals surface area contributed by atoms with Crippen LogP contribution < -0.4 is 0 Å². The van der Waals surface area contributed by atoms with Crippen LogP contribution in [0.3, 0.4) is 0 Å². The highest BCUT2D eigenvalue weighted by atomic mass is 79.9. The van der Waals surface area contributed by atoms with Crippen LogP contribution in [0.25, 0.3) is 0 Å². The van der Waals surface area contributed by atoms with E-state index in [-0.39, 0.29) is 0 Å². The number of rotatable bonds is 3. The molecule has 4 heteroatoms. The van der Waals surface area contributed by atoms with E-state index in [1.54, 1.807) is 6.20 Å². The fourth-order valence-corrected chi connectivity index (χ4v) is 1.34. The molecule has 0 unspecified atom stereocenters. The maximum absolute atomic E-state index is 4.11. The van der Waals surface area contributed by atoms with Crippen LogP contribution in [0.15, 0.2) is 16.9 Å². The van der Waals surface area contributed by atoms with Crippen molar-refractivity contribution < 1.29 is 0 Å². The minimum Gasteiger partial charge on any atom is -0.271 e. The van der Waals surface area contributed by atoms with Crippen molar-refractivity contribution in [1.82, 2.24) is 9.78 Å². The third kappa shape index (κ3) is 2.34. The zero-order valence-corrected chi connectivity index (χ0v) is 8.15. The highest BCUT2D eigenvalue weighted by molar-refractivity contribution is 9.10. The van der Waals surface area contributed by atoms with E-state index in [9.17, 15) is 0 Å². The summed E-state index contributed by atoms with van der Waals surface area (Å²) in [5.41, 5.74) is 0. The molecule has 1 rings (SSSR count). The smallest absolute Gasteiger partial charge is 0.0632 e. The number of aromatic nitrogens is 2. The van der Waals surface area contributed by atoms with Crippen LogP contribution in [0.2, 0.25) is 0 Å². The lowest BCUT2D eigenvalue weighted by Crippen LogP contribution is -1.99. The lowest BCUT2D eigenvalue weighted by atomic mass is 10.7. The Kier molecular flexibility index (Phi) is 3.28. The summed E-state index contributed by atoms with van der Waals surface area (Å²) in [6.07, 6.45) is 5.88. The molecular formula is C6H9BrN2S. The molecule has 0 saturated carbocycles. The largest absolute Gasteiger partial charge is 0.271 e. The molecule has 0 spiro atoms. The third-order valence-corrected chi connectivity index (χ3v) is 2.13. The van der Waals surface area contributed by atoms with Crippen molar-refractivity contribution in [3.8, 4) is 0 Å². The Balaban J connectivity index is 2.42. The normalized spacial score (nSPS) is 10.2. The van der Waals surface area contributed by atoms with Crippen molar-refractivity contribution in [2.24, 2.45) is 0 Å². The molecule has 0 fully saturated rings. The van der Waals surface area contributed by atoms with E-state index in [2.05, 4.69) is 27.3 Å². The van der Waals surface area contributed by atoms with Gasteiger partial charge in [0.25, 0.3) is 0 Å². The molecule has 0 N–H and O–H groups in total. The van der Waals surface area contributed by atoms with Gasteiger partial charge in [0.05, 0.1) is 10.7 Å². The standard InChI is InChI=1S/C6H9BrN2S/c1-10-3-2-9-5-6(7)4-8-9/h4-5H,2-3H2,1H3. The van der Waals surface area contributed by atoms with E-state index in [1.807, 2.05) is 22.6 Å². The summed E-state index contributed by atoms with van der Waals surface area (Å²) >= 11 is 5.16. The predicted octanol–water partition coefficient (Wildman–Crippen LogP) is 2.01. The van der Waals surface area contributed by atoms with Gasteiger partial charge in [0.1, 0.15) is 0 Å². The molecule has 56 valence electrons. The molecule has 0 aromatic carbocycles. The van der Waals surface area contributed by atoms with Gasteiger partial charge in [-0.2, -0.15) is 16.9 Å². The Morgan fingerprint density at radius 2 is 2.60 bits per heavy atom. The summed E-state index contributed by atoms with van der Waals surface area (Å²) in [7, 11) is 0. The van der Waals surface area contributed by atoms with Gasteiger partial charge in [0.2, 0.25) is 0 Å². The number of aryl methyl sites for hydroxylation is 1. The lowest BCUT2D eigenvalue weighted by Gasteiger charge is -1.95. The Bertz CT molecular complexity index is 199. The fourth-order valence-electron chi connectivity index (χ4n) is 0.645. The summed E-state index contributed by atoms with van der Waals surface area (Å²) in [5, 5.41) is 4.11. The van der Waals surface area contributed by atoms with Crippen molar-refractivity contribution in [2.75, 3.05) is 12.0 Å². The van der Waals surface area contributed by atoms with Crippen LogP contribution in [-0.4, -0.2) is 21.8 Å². The minimum atomic E-state index is 0.993. The first-order valence-corrected chi connectivity index (χ1v) is 5.18. The second-order valence-corrected chi connectivity index (χ2v) is 3.82. The van der Waals surface area contributed by atoms with Gasteiger partial charge in [-0.05, 0) is 22.2 Å². The van der Waals surface area contributed by atoms with E-state index >= 15 is 0 Å². The average molecular weight is 221 g/mol. The molecule has 0 bridgehead atoms. The van der Waals surface area contributed by atoms with Gasteiger partial charge >= 0.3 is 0 Å². The lowest BCUT2D eigenvalue weighted by molar-refractivity contribution is 0.666. The highest BCUT2D eigenvalue weighted by Gasteiger charge is 1.92. The Hall–Kier alpha value is 0.0400. The molecule has 10 heavy (non-hydrogen) atoms. The molecule has 0 aliphatic heterocycles. The van der Waals surface area contributed by atoms with Crippen molar-refractivity contribution in [3.05, 3.63) is 16.9 Å². The molecular weight excluding hydrogens is 212 g/mol. The number of halogens is 1. The molecule has 0 saturated heterocycles. The van der Waals surface area contributed by atoms with Crippen molar-refractivity contribution in [1.29, 1.82) is 0 Å². The maximum atomic E-state index is 4.11. The SMILES string of the molecule is CSCCn1cc(Br)cn1. The average Bonchev–Trinajstić information content (AvgIpc) is 2.31. The number of hydrogen-bond donors (Lipinski definition) is 0.